The highest BCUT2D eigenvalue weighted by atomic mass is 79.9. The standard InChI is InChI=1S/C15H16Br2N2/c1-8-3-10(6-12(16)14(8)18)5-11-4-9(2)15(19)13(17)7-11/h3-4,6-7H,5,18-19H2,1-2H3. The predicted molar refractivity (Wildman–Crippen MR) is 89.4 cm³/mol. The maximum absolute atomic E-state index is 5.94. The molecule has 0 aliphatic heterocycles. The van der Waals surface area contributed by atoms with Crippen LogP contribution in [-0.4, -0.2) is 0 Å². The molecule has 100 valence electrons. The zero-order valence-electron chi connectivity index (χ0n) is 10.9. The quantitative estimate of drug-likeness (QED) is 0.745. The van der Waals surface area contributed by atoms with Gasteiger partial charge in [0.15, 0.2) is 0 Å². The van der Waals surface area contributed by atoms with E-state index in [-0.39, 0.29) is 0 Å². The minimum Gasteiger partial charge on any atom is -0.398 e. The van der Waals surface area contributed by atoms with Crippen LogP contribution in [0.25, 0.3) is 0 Å². The molecule has 2 nitrogen and oxygen atoms in total. The minimum absolute atomic E-state index is 0.804. The number of anilines is 2. The average molecular weight is 384 g/mol. The molecule has 19 heavy (non-hydrogen) atoms. The lowest BCUT2D eigenvalue weighted by Crippen LogP contribution is -1.97. The third-order valence-electron chi connectivity index (χ3n) is 3.20. The summed E-state index contributed by atoms with van der Waals surface area (Å²) in [6.07, 6.45) is 0.861. The summed E-state index contributed by atoms with van der Waals surface area (Å²) in [7, 11) is 0. The molecule has 0 radical (unpaired) electrons. The Morgan fingerprint density at radius 1 is 0.789 bits per heavy atom. The average Bonchev–Trinajstić information content (AvgIpc) is 2.33. The van der Waals surface area contributed by atoms with Crippen LogP contribution in [0.3, 0.4) is 0 Å². The fourth-order valence-corrected chi connectivity index (χ4v) is 3.31. The molecule has 0 spiro atoms. The predicted octanol–water partition coefficient (Wildman–Crippen LogP) is 4.58. The van der Waals surface area contributed by atoms with Crippen LogP contribution in [0.2, 0.25) is 0 Å². The molecule has 0 heterocycles. The van der Waals surface area contributed by atoms with Crippen LogP contribution in [0.5, 0.6) is 0 Å². The normalized spacial score (nSPS) is 10.7. The van der Waals surface area contributed by atoms with Gasteiger partial charge in [0.2, 0.25) is 0 Å². The van der Waals surface area contributed by atoms with Crippen LogP contribution in [0.15, 0.2) is 33.2 Å². The minimum atomic E-state index is 0.804. The fourth-order valence-electron chi connectivity index (χ4n) is 2.09. The Morgan fingerprint density at radius 3 is 1.47 bits per heavy atom. The Morgan fingerprint density at radius 2 is 1.16 bits per heavy atom. The van der Waals surface area contributed by atoms with E-state index < -0.39 is 0 Å². The summed E-state index contributed by atoms with van der Waals surface area (Å²) >= 11 is 6.99. The molecule has 0 aliphatic rings. The molecular weight excluding hydrogens is 368 g/mol. The van der Waals surface area contributed by atoms with Crippen molar-refractivity contribution in [1.29, 1.82) is 0 Å². The highest BCUT2D eigenvalue weighted by molar-refractivity contribution is 9.11. The number of aryl methyl sites for hydroxylation is 2. The SMILES string of the molecule is Cc1cc(Cc2cc(C)c(N)c(Br)c2)cc(Br)c1N. The summed E-state index contributed by atoms with van der Waals surface area (Å²) in [6, 6.07) is 8.39. The topological polar surface area (TPSA) is 52.0 Å². The van der Waals surface area contributed by atoms with E-state index in [4.69, 9.17) is 11.5 Å². The van der Waals surface area contributed by atoms with Gasteiger partial charge >= 0.3 is 0 Å². The first-order chi connectivity index (χ1) is 8.88. The van der Waals surface area contributed by atoms with Crippen molar-refractivity contribution >= 4 is 43.2 Å². The molecule has 2 rings (SSSR count). The van der Waals surface area contributed by atoms with Gasteiger partial charge in [-0.2, -0.15) is 0 Å². The third-order valence-corrected chi connectivity index (χ3v) is 4.51. The first-order valence-corrected chi connectivity index (χ1v) is 7.56. The second kappa shape index (κ2) is 5.55. The molecule has 0 unspecified atom stereocenters. The van der Waals surface area contributed by atoms with Gasteiger partial charge in [-0.25, -0.2) is 0 Å². The van der Waals surface area contributed by atoms with E-state index in [1.54, 1.807) is 0 Å². The van der Waals surface area contributed by atoms with Gasteiger partial charge in [-0.15, -0.1) is 0 Å². The van der Waals surface area contributed by atoms with Crippen molar-refractivity contribution in [3.63, 3.8) is 0 Å². The summed E-state index contributed by atoms with van der Waals surface area (Å²) in [5, 5.41) is 0. The smallest absolute Gasteiger partial charge is 0.0488 e. The van der Waals surface area contributed by atoms with Gasteiger partial charge in [0.05, 0.1) is 0 Å². The van der Waals surface area contributed by atoms with Crippen LogP contribution in [0.4, 0.5) is 11.4 Å². The van der Waals surface area contributed by atoms with E-state index in [0.29, 0.717) is 0 Å². The molecule has 0 aliphatic carbocycles. The molecule has 0 amide bonds. The van der Waals surface area contributed by atoms with E-state index in [2.05, 4.69) is 56.1 Å². The largest absolute Gasteiger partial charge is 0.398 e. The maximum atomic E-state index is 5.94. The summed E-state index contributed by atoms with van der Waals surface area (Å²) in [5.41, 5.74) is 18.1. The number of rotatable bonds is 2. The van der Waals surface area contributed by atoms with Gasteiger partial charge in [0.1, 0.15) is 0 Å². The van der Waals surface area contributed by atoms with Gasteiger partial charge in [0.25, 0.3) is 0 Å². The van der Waals surface area contributed by atoms with Crippen LogP contribution in [0, 0.1) is 13.8 Å². The Labute approximate surface area is 130 Å². The number of nitrogen functional groups attached to an aromatic ring is 2. The monoisotopic (exact) mass is 382 g/mol. The molecule has 4 N–H and O–H groups in total. The lowest BCUT2D eigenvalue weighted by atomic mass is 10.0. The highest BCUT2D eigenvalue weighted by Crippen LogP contribution is 2.29. The van der Waals surface area contributed by atoms with E-state index in [1.807, 2.05) is 13.8 Å². The lowest BCUT2D eigenvalue weighted by molar-refractivity contribution is 1.17. The summed E-state index contributed by atoms with van der Waals surface area (Å²) < 4.78 is 1.91. The molecule has 0 saturated heterocycles. The molecule has 0 saturated carbocycles. The first-order valence-electron chi connectivity index (χ1n) is 5.97. The van der Waals surface area contributed by atoms with Crippen LogP contribution >= 0.6 is 31.9 Å². The number of nitrogens with two attached hydrogens (primary N) is 2. The Kier molecular flexibility index (Phi) is 4.21. The second-order valence-corrected chi connectivity index (χ2v) is 6.50. The van der Waals surface area contributed by atoms with Gasteiger partial charge in [0, 0.05) is 20.3 Å². The number of benzene rings is 2. The zero-order valence-corrected chi connectivity index (χ0v) is 14.1. The van der Waals surface area contributed by atoms with E-state index >= 15 is 0 Å². The van der Waals surface area contributed by atoms with Gasteiger partial charge < -0.3 is 11.5 Å². The van der Waals surface area contributed by atoms with Crippen molar-refractivity contribution in [3.05, 3.63) is 55.5 Å². The molecule has 0 aromatic heterocycles. The molecule has 4 heteroatoms. The van der Waals surface area contributed by atoms with Crippen molar-refractivity contribution in [3.8, 4) is 0 Å². The van der Waals surface area contributed by atoms with Crippen LogP contribution in [0.1, 0.15) is 22.3 Å². The fraction of sp³-hybridized carbons (Fsp3) is 0.200. The van der Waals surface area contributed by atoms with Crippen LogP contribution < -0.4 is 11.5 Å². The summed E-state index contributed by atoms with van der Waals surface area (Å²) in [5.74, 6) is 0. The molecule has 2 aromatic rings. The Hall–Kier alpha value is -1.00. The molecule has 0 bridgehead atoms. The lowest BCUT2D eigenvalue weighted by Gasteiger charge is -2.10. The van der Waals surface area contributed by atoms with Crippen molar-refractivity contribution < 1.29 is 0 Å². The van der Waals surface area contributed by atoms with Crippen molar-refractivity contribution in [1.82, 2.24) is 0 Å². The van der Waals surface area contributed by atoms with Gasteiger partial charge in [-0.1, -0.05) is 12.1 Å². The molecule has 0 atom stereocenters. The molecular formula is C15H16Br2N2. The molecule has 0 fully saturated rings. The van der Waals surface area contributed by atoms with Crippen molar-refractivity contribution in [2.75, 3.05) is 11.5 Å². The summed E-state index contributed by atoms with van der Waals surface area (Å²) in [6.45, 7) is 4.04. The first kappa shape index (κ1) is 14.4. The highest BCUT2D eigenvalue weighted by Gasteiger charge is 2.07. The zero-order chi connectivity index (χ0) is 14.2. The van der Waals surface area contributed by atoms with Gasteiger partial charge in [-0.3, -0.25) is 0 Å². The Bertz CT molecular complexity index is 535. The van der Waals surface area contributed by atoms with Crippen LogP contribution in [-0.2, 0) is 6.42 Å². The van der Waals surface area contributed by atoms with E-state index in [9.17, 15) is 0 Å². The van der Waals surface area contributed by atoms with Crippen molar-refractivity contribution in [2.24, 2.45) is 0 Å². The van der Waals surface area contributed by atoms with E-state index in [1.165, 1.54) is 11.1 Å². The Balaban J connectivity index is 2.36. The number of hydrogen-bond donors (Lipinski definition) is 2. The van der Waals surface area contributed by atoms with Gasteiger partial charge in [-0.05, 0) is 86.5 Å². The third kappa shape index (κ3) is 3.12. The van der Waals surface area contributed by atoms with E-state index in [0.717, 1.165) is 37.9 Å². The number of hydrogen-bond acceptors (Lipinski definition) is 2. The maximum Gasteiger partial charge on any atom is 0.0488 e. The second-order valence-electron chi connectivity index (χ2n) is 4.79. The molecule has 2 aromatic carbocycles. The number of halogens is 2. The van der Waals surface area contributed by atoms with Crippen molar-refractivity contribution in [2.45, 2.75) is 20.3 Å². The summed E-state index contributed by atoms with van der Waals surface area (Å²) in [4.78, 5) is 0.